The Hall–Kier alpha value is -5.49. The molecule has 0 spiro atoms. The minimum Gasteiger partial charge on any atom is -0.432 e. The Morgan fingerprint density at radius 1 is 1.09 bits per heavy atom. The Labute approximate surface area is 326 Å². The van der Waals surface area contributed by atoms with Crippen LogP contribution in [0.25, 0.3) is 10.9 Å². The number of nitrogens with zero attached hydrogens (tertiary/aromatic N) is 8. The SMILES string of the molecule is CNC(=O)N(CCC=O)c1nn(C)c2cc(C3CCN(CCC#Cc4cc(S(=O)N5CCC(Nc6ncc(OC(F)F)cn6)CC5)ccc4C#N)CC3)ccc12. The van der Waals surface area contributed by atoms with Crippen molar-refractivity contribution in [1.82, 2.24) is 34.3 Å². The van der Waals surface area contributed by atoms with Crippen LogP contribution >= 0.6 is 0 Å². The Kier molecular flexibility index (Phi) is 13.6. The number of benzene rings is 2. The fraction of sp³-hybridized carbons (Fsp3) is 0.436. The first-order valence-electron chi connectivity index (χ1n) is 18.5. The molecule has 1 unspecified atom stereocenters. The van der Waals surface area contributed by atoms with E-state index in [0.717, 1.165) is 49.7 Å². The average molecular weight is 787 g/mol. The van der Waals surface area contributed by atoms with Crippen LogP contribution in [0.3, 0.4) is 0 Å². The Bertz CT molecular complexity index is 2130. The molecule has 2 aliphatic heterocycles. The average Bonchev–Trinajstić information content (AvgIpc) is 3.54. The first kappa shape index (κ1) is 40.2. The number of amides is 2. The number of carbonyl (C=O) groups excluding carboxylic acids is 2. The van der Waals surface area contributed by atoms with Crippen LogP contribution in [0, 0.1) is 23.2 Å². The van der Waals surface area contributed by atoms with Crippen LogP contribution in [0.5, 0.6) is 5.75 Å². The molecule has 2 saturated heterocycles. The second-order valence-corrected chi connectivity index (χ2v) is 15.1. The highest BCUT2D eigenvalue weighted by molar-refractivity contribution is 7.82. The lowest BCUT2D eigenvalue weighted by Crippen LogP contribution is -2.40. The van der Waals surface area contributed by atoms with Crippen LogP contribution in [0.4, 0.5) is 25.3 Å². The largest absolute Gasteiger partial charge is 0.432 e. The summed E-state index contributed by atoms with van der Waals surface area (Å²) in [4.78, 5) is 36.2. The van der Waals surface area contributed by atoms with Crippen LogP contribution in [0.1, 0.15) is 61.1 Å². The van der Waals surface area contributed by atoms with E-state index < -0.39 is 17.6 Å². The number of piperidine rings is 2. The van der Waals surface area contributed by atoms with Gasteiger partial charge in [0.25, 0.3) is 0 Å². The van der Waals surface area contributed by atoms with Gasteiger partial charge in [0.15, 0.2) is 11.6 Å². The molecule has 1 atom stereocenters. The second-order valence-electron chi connectivity index (χ2n) is 13.6. The minimum absolute atomic E-state index is 0.0261. The number of nitrogens with one attached hydrogen (secondary N) is 2. The van der Waals surface area contributed by atoms with E-state index >= 15 is 0 Å². The maximum absolute atomic E-state index is 13.5. The molecule has 2 amide bonds. The Morgan fingerprint density at radius 2 is 1.84 bits per heavy atom. The van der Waals surface area contributed by atoms with Crippen molar-refractivity contribution < 1.29 is 27.3 Å². The van der Waals surface area contributed by atoms with Crippen molar-refractivity contribution in [3.63, 3.8) is 0 Å². The van der Waals surface area contributed by atoms with E-state index in [4.69, 9.17) is 0 Å². The molecule has 2 aromatic heterocycles. The standard InChI is InChI=1S/C39H44F2N10O4S/c1-43-39(53)51(16-5-21-52)36-34-10-8-29(23-35(34)48(2)47-36)27-11-17-49(18-12-27)15-4-3-6-28-22-33(9-7-30(28)24-42)56(54)50-19-13-31(14-20-50)46-38-44-25-32(26-45-38)55-37(40)41/h7-10,21-23,25-27,31,37H,4-5,11-20H2,1-2H3,(H,43,53)(H,44,45,46). The number of urea groups is 1. The van der Waals surface area contributed by atoms with Gasteiger partial charge in [-0.25, -0.2) is 23.3 Å². The third kappa shape index (κ3) is 9.84. The van der Waals surface area contributed by atoms with Crippen LogP contribution in [0.2, 0.25) is 0 Å². The molecule has 0 saturated carbocycles. The topological polar surface area (TPSA) is 162 Å². The summed E-state index contributed by atoms with van der Waals surface area (Å²) >= 11 is 0. The highest BCUT2D eigenvalue weighted by atomic mass is 32.2. The van der Waals surface area contributed by atoms with Gasteiger partial charge < -0.3 is 25.1 Å². The fourth-order valence-electron chi connectivity index (χ4n) is 7.08. The van der Waals surface area contributed by atoms with Gasteiger partial charge in [-0.05, 0) is 80.6 Å². The number of carbonyl (C=O) groups is 2. The van der Waals surface area contributed by atoms with Crippen molar-refractivity contribution in [2.24, 2.45) is 7.05 Å². The molecule has 56 heavy (non-hydrogen) atoms. The molecule has 2 aromatic carbocycles. The molecule has 294 valence electrons. The number of nitriles is 1. The number of aryl methyl sites for hydroxylation is 1. The van der Waals surface area contributed by atoms with Crippen molar-refractivity contribution in [1.29, 1.82) is 5.26 Å². The van der Waals surface area contributed by atoms with E-state index in [1.54, 1.807) is 29.9 Å². The van der Waals surface area contributed by atoms with Crippen molar-refractivity contribution in [3.05, 3.63) is 65.5 Å². The second kappa shape index (κ2) is 18.9. The lowest BCUT2D eigenvalue weighted by molar-refractivity contribution is -0.107. The number of fused-ring (bicyclic) bond motifs is 1. The maximum Gasteiger partial charge on any atom is 0.387 e. The number of alkyl halides is 2. The van der Waals surface area contributed by atoms with Crippen molar-refractivity contribution >= 4 is 46.0 Å². The van der Waals surface area contributed by atoms with E-state index in [-0.39, 0.29) is 30.8 Å². The van der Waals surface area contributed by atoms with Gasteiger partial charge in [-0.2, -0.15) is 19.1 Å². The Morgan fingerprint density at radius 3 is 2.52 bits per heavy atom. The fourth-order valence-corrected chi connectivity index (χ4v) is 8.32. The summed E-state index contributed by atoms with van der Waals surface area (Å²) in [6.07, 6.45) is 7.36. The van der Waals surface area contributed by atoms with Crippen LogP contribution in [-0.4, -0.2) is 104 Å². The number of hydrogen-bond donors (Lipinski definition) is 2. The minimum atomic E-state index is -2.94. The molecule has 0 radical (unpaired) electrons. The number of likely N-dealkylation sites (tertiary alicyclic amines) is 1. The number of aldehydes is 1. The number of halogens is 2. The summed E-state index contributed by atoms with van der Waals surface area (Å²) in [7, 11) is 1.98. The summed E-state index contributed by atoms with van der Waals surface area (Å²) in [6.45, 7) is 1.06. The lowest BCUT2D eigenvalue weighted by Gasteiger charge is -2.31. The molecule has 2 N–H and O–H groups in total. The van der Waals surface area contributed by atoms with Gasteiger partial charge in [-0.1, -0.05) is 17.9 Å². The predicted octanol–water partition coefficient (Wildman–Crippen LogP) is 4.79. The van der Waals surface area contributed by atoms with Gasteiger partial charge in [0.2, 0.25) is 5.95 Å². The molecule has 0 aliphatic carbocycles. The summed E-state index contributed by atoms with van der Waals surface area (Å²) in [5, 5.41) is 21.1. The lowest BCUT2D eigenvalue weighted by atomic mass is 9.89. The van der Waals surface area contributed by atoms with E-state index in [1.807, 2.05) is 17.4 Å². The third-order valence-electron chi connectivity index (χ3n) is 10.1. The molecule has 14 nitrogen and oxygen atoms in total. The first-order chi connectivity index (χ1) is 27.2. The van der Waals surface area contributed by atoms with Gasteiger partial charge >= 0.3 is 12.6 Å². The number of rotatable bonds is 13. The zero-order valence-electron chi connectivity index (χ0n) is 31.3. The quantitative estimate of drug-likeness (QED) is 0.142. The van der Waals surface area contributed by atoms with E-state index in [2.05, 4.69) is 65.4 Å². The Balaban J connectivity index is 0.991. The molecule has 2 aliphatic rings. The van der Waals surface area contributed by atoms with E-state index in [1.165, 1.54) is 22.9 Å². The number of hydrogen-bond acceptors (Lipinski definition) is 10. The summed E-state index contributed by atoms with van der Waals surface area (Å²) in [5.74, 6) is 7.50. The van der Waals surface area contributed by atoms with Gasteiger partial charge in [-0.15, -0.1) is 0 Å². The smallest absolute Gasteiger partial charge is 0.387 e. The molecule has 2 fully saturated rings. The van der Waals surface area contributed by atoms with Crippen LogP contribution < -0.4 is 20.3 Å². The van der Waals surface area contributed by atoms with Gasteiger partial charge in [0.1, 0.15) is 23.3 Å². The van der Waals surface area contributed by atoms with Gasteiger partial charge in [0.05, 0.1) is 28.4 Å². The third-order valence-corrected chi connectivity index (χ3v) is 11.6. The van der Waals surface area contributed by atoms with Crippen molar-refractivity contribution in [3.8, 4) is 23.7 Å². The molecule has 6 rings (SSSR count). The van der Waals surface area contributed by atoms with Crippen LogP contribution in [-0.2, 0) is 22.8 Å². The maximum atomic E-state index is 13.5. The van der Waals surface area contributed by atoms with Crippen LogP contribution in [0.15, 0.2) is 53.7 Å². The summed E-state index contributed by atoms with van der Waals surface area (Å²) in [5.41, 5.74) is 3.16. The molecule has 4 heterocycles. The van der Waals surface area contributed by atoms with Gasteiger partial charge in [0, 0.05) is 70.1 Å². The normalized spacial score (nSPS) is 16.1. The molecular weight excluding hydrogens is 743 g/mol. The summed E-state index contributed by atoms with van der Waals surface area (Å²) in [6, 6.07) is 13.3. The zero-order valence-corrected chi connectivity index (χ0v) is 32.1. The molecule has 0 bridgehead atoms. The highest BCUT2D eigenvalue weighted by Crippen LogP contribution is 2.33. The molecular formula is C39H44F2N10O4S. The summed E-state index contributed by atoms with van der Waals surface area (Å²) < 4.78 is 46.3. The molecule has 17 heteroatoms. The van der Waals surface area contributed by atoms with E-state index in [0.29, 0.717) is 66.1 Å². The van der Waals surface area contributed by atoms with E-state index in [9.17, 15) is 27.8 Å². The van der Waals surface area contributed by atoms with Gasteiger partial charge in [-0.3, -0.25) is 9.58 Å². The number of ether oxygens (including phenoxy) is 1. The monoisotopic (exact) mass is 786 g/mol. The predicted molar refractivity (Wildman–Crippen MR) is 208 cm³/mol. The number of aromatic nitrogens is 4. The zero-order chi connectivity index (χ0) is 39.6. The van der Waals surface area contributed by atoms with Crippen molar-refractivity contribution in [2.45, 2.75) is 62.0 Å². The first-order valence-corrected chi connectivity index (χ1v) is 19.6. The highest BCUT2D eigenvalue weighted by Gasteiger charge is 2.26. The van der Waals surface area contributed by atoms with Crippen molar-refractivity contribution in [2.75, 3.05) is 56.5 Å². The number of anilines is 2. The molecule has 4 aromatic rings.